The molecule has 5 nitrogen and oxygen atoms in total. The van der Waals surface area contributed by atoms with Crippen LogP contribution in [0.4, 0.5) is 5.69 Å². The van der Waals surface area contributed by atoms with E-state index >= 15 is 0 Å². The lowest BCUT2D eigenvalue weighted by atomic mass is 9.70. The minimum atomic E-state index is -0.464. The molecule has 5 unspecified atom stereocenters. The molecule has 1 aromatic carbocycles. The van der Waals surface area contributed by atoms with Crippen LogP contribution in [0.1, 0.15) is 48.9 Å². The van der Waals surface area contributed by atoms with Crippen LogP contribution in [0, 0.1) is 33.8 Å². The van der Waals surface area contributed by atoms with Gasteiger partial charge in [0.1, 0.15) is 6.10 Å². The van der Waals surface area contributed by atoms with Gasteiger partial charge in [-0.1, -0.05) is 12.8 Å². The third kappa shape index (κ3) is 2.52. The Morgan fingerprint density at radius 1 is 1.04 bits per heavy atom. The lowest BCUT2D eigenvalue weighted by Gasteiger charge is -2.38. The maximum Gasteiger partial charge on any atom is 0.338 e. The Morgan fingerprint density at radius 3 is 2.43 bits per heavy atom. The number of esters is 1. The van der Waals surface area contributed by atoms with Crippen LogP contribution in [-0.4, -0.2) is 17.0 Å². The van der Waals surface area contributed by atoms with Crippen molar-refractivity contribution in [3.63, 3.8) is 0 Å². The van der Waals surface area contributed by atoms with Crippen molar-refractivity contribution in [2.45, 2.75) is 44.6 Å². The quantitative estimate of drug-likeness (QED) is 0.481. The maximum atomic E-state index is 12.3. The average molecular weight is 315 g/mol. The van der Waals surface area contributed by atoms with Crippen molar-refractivity contribution in [2.24, 2.45) is 23.7 Å². The summed E-state index contributed by atoms with van der Waals surface area (Å²) in [6.45, 7) is 0. The van der Waals surface area contributed by atoms with Gasteiger partial charge in [-0.2, -0.15) is 0 Å². The Labute approximate surface area is 135 Å². The van der Waals surface area contributed by atoms with Gasteiger partial charge in [0.25, 0.3) is 5.69 Å². The number of carbonyl (C=O) groups excluding carboxylic acids is 1. The second kappa shape index (κ2) is 5.62. The molecule has 0 N–H and O–H groups in total. The largest absolute Gasteiger partial charge is 0.458 e. The Balaban J connectivity index is 1.42. The van der Waals surface area contributed by atoms with Gasteiger partial charge < -0.3 is 4.74 Å². The minimum absolute atomic E-state index is 0.00785. The Hall–Kier alpha value is -1.91. The first-order valence-electron chi connectivity index (χ1n) is 8.59. The fraction of sp³-hybridized carbons (Fsp3) is 0.611. The van der Waals surface area contributed by atoms with Gasteiger partial charge in [-0.25, -0.2) is 4.79 Å². The van der Waals surface area contributed by atoms with E-state index in [0.29, 0.717) is 11.5 Å². The first-order chi connectivity index (χ1) is 11.1. The highest BCUT2D eigenvalue weighted by atomic mass is 16.6. The highest BCUT2D eigenvalue weighted by Crippen LogP contribution is 2.58. The molecule has 122 valence electrons. The van der Waals surface area contributed by atoms with Crippen LogP contribution in [0.25, 0.3) is 0 Å². The summed E-state index contributed by atoms with van der Waals surface area (Å²) in [6.07, 6.45) is 7.58. The van der Waals surface area contributed by atoms with E-state index in [9.17, 15) is 14.9 Å². The van der Waals surface area contributed by atoms with E-state index in [1.54, 1.807) is 0 Å². The van der Waals surface area contributed by atoms with Gasteiger partial charge >= 0.3 is 5.97 Å². The SMILES string of the molecule is O=C(OC1CC2CC1C1CCCCC21)c1ccc([N+](=O)[O-])cc1. The lowest BCUT2D eigenvalue weighted by Crippen LogP contribution is -2.36. The first kappa shape index (κ1) is 14.7. The van der Waals surface area contributed by atoms with Crippen molar-refractivity contribution in [1.29, 1.82) is 0 Å². The summed E-state index contributed by atoms with van der Waals surface area (Å²) in [5, 5.41) is 10.7. The number of hydrogen-bond donors (Lipinski definition) is 0. The van der Waals surface area contributed by atoms with Gasteiger partial charge in [-0.15, -0.1) is 0 Å². The second-order valence-electron chi connectivity index (χ2n) is 7.26. The number of nitro groups is 1. The molecule has 0 saturated heterocycles. The number of nitro benzene ring substituents is 1. The smallest absolute Gasteiger partial charge is 0.338 e. The van der Waals surface area contributed by atoms with Gasteiger partial charge in [-0.3, -0.25) is 10.1 Å². The number of carbonyl (C=O) groups is 1. The Bertz CT molecular complexity index is 626. The molecule has 0 heterocycles. The molecule has 3 aliphatic rings. The van der Waals surface area contributed by atoms with E-state index in [2.05, 4.69) is 0 Å². The molecule has 5 atom stereocenters. The molecular formula is C18H21NO4. The van der Waals surface area contributed by atoms with Crippen LogP contribution >= 0.6 is 0 Å². The summed E-state index contributed by atoms with van der Waals surface area (Å²) in [6, 6.07) is 5.68. The monoisotopic (exact) mass is 315 g/mol. The predicted octanol–water partition coefficient (Wildman–Crippen LogP) is 3.97. The fourth-order valence-corrected chi connectivity index (χ4v) is 5.24. The topological polar surface area (TPSA) is 69.4 Å². The normalized spacial score (nSPS) is 34.9. The van der Waals surface area contributed by atoms with Gasteiger partial charge in [-0.05, 0) is 61.5 Å². The van der Waals surface area contributed by atoms with E-state index in [-0.39, 0.29) is 17.8 Å². The summed E-state index contributed by atoms with van der Waals surface area (Å²) < 4.78 is 5.77. The van der Waals surface area contributed by atoms with Crippen LogP contribution in [0.3, 0.4) is 0 Å². The zero-order valence-electron chi connectivity index (χ0n) is 13.0. The van der Waals surface area contributed by atoms with Gasteiger partial charge in [0, 0.05) is 12.1 Å². The molecule has 0 amide bonds. The van der Waals surface area contributed by atoms with Crippen LogP contribution < -0.4 is 0 Å². The maximum absolute atomic E-state index is 12.3. The van der Waals surface area contributed by atoms with Crippen molar-refractivity contribution in [1.82, 2.24) is 0 Å². The number of ether oxygens (including phenoxy) is 1. The number of benzene rings is 1. The molecule has 1 aromatic rings. The molecule has 3 aliphatic carbocycles. The van der Waals surface area contributed by atoms with Gasteiger partial charge in [0.2, 0.25) is 0 Å². The van der Waals surface area contributed by atoms with Gasteiger partial charge in [0.15, 0.2) is 0 Å². The highest BCUT2D eigenvalue weighted by molar-refractivity contribution is 5.89. The van der Waals surface area contributed by atoms with Crippen molar-refractivity contribution in [2.75, 3.05) is 0 Å². The average Bonchev–Trinajstić information content (AvgIpc) is 3.14. The zero-order valence-corrected chi connectivity index (χ0v) is 13.0. The van der Waals surface area contributed by atoms with Crippen LogP contribution in [-0.2, 0) is 4.74 Å². The van der Waals surface area contributed by atoms with Crippen molar-refractivity contribution in [3.8, 4) is 0 Å². The van der Waals surface area contributed by atoms with Crippen molar-refractivity contribution < 1.29 is 14.5 Å². The fourth-order valence-electron chi connectivity index (χ4n) is 5.24. The molecule has 0 aliphatic heterocycles. The molecular weight excluding hydrogens is 294 g/mol. The van der Waals surface area contributed by atoms with E-state index < -0.39 is 4.92 Å². The van der Waals surface area contributed by atoms with E-state index in [4.69, 9.17) is 4.74 Å². The van der Waals surface area contributed by atoms with Crippen LogP contribution in [0.5, 0.6) is 0 Å². The van der Waals surface area contributed by atoms with E-state index in [1.165, 1.54) is 56.4 Å². The summed E-state index contributed by atoms with van der Waals surface area (Å²) in [5.41, 5.74) is 0.394. The molecule has 4 rings (SSSR count). The molecule has 23 heavy (non-hydrogen) atoms. The summed E-state index contributed by atoms with van der Waals surface area (Å²) in [5.74, 6) is 2.54. The van der Waals surface area contributed by atoms with Crippen LogP contribution in [0.15, 0.2) is 24.3 Å². The number of non-ortho nitro benzene ring substituents is 1. The van der Waals surface area contributed by atoms with Crippen LogP contribution in [0.2, 0.25) is 0 Å². The standard InChI is InChI=1S/C18H21NO4/c20-18(11-5-7-13(8-6-11)19(21)22)23-17-10-12-9-16(17)15-4-2-1-3-14(12)15/h5-8,12,14-17H,1-4,9-10H2. The lowest BCUT2D eigenvalue weighted by molar-refractivity contribution is -0.384. The molecule has 3 saturated carbocycles. The molecule has 0 spiro atoms. The number of hydrogen-bond acceptors (Lipinski definition) is 4. The van der Waals surface area contributed by atoms with Crippen molar-refractivity contribution in [3.05, 3.63) is 39.9 Å². The highest BCUT2D eigenvalue weighted by Gasteiger charge is 2.54. The van der Waals surface area contributed by atoms with E-state index in [1.807, 2.05) is 0 Å². The minimum Gasteiger partial charge on any atom is -0.458 e. The number of fused-ring (bicyclic) bond motifs is 5. The summed E-state index contributed by atoms with van der Waals surface area (Å²) in [4.78, 5) is 22.5. The molecule has 5 heteroatoms. The first-order valence-corrected chi connectivity index (χ1v) is 8.59. The summed E-state index contributed by atoms with van der Waals surface area (Å²) >= 11 is 0. The predicted molar refractivity (Wildman–Crippen MR) is 84.0 cm³/mol. The van der Waals surface area contributed by atoms with Gasteiger partial charge in [0.05, 0.1) is 10.5 Å². The molecule has 3 fully saturated rings. The Kier molecular flexibility index (Phi) is 3.58. The summed E-state index contributed by atoms with van der Waals surface area (Å²) in [7, 11) is 0. The number of rotatable bonds is 3. The Morgan fingerprint density at radius 2 is 1.74 bits per heavy atom. The number of nitrogens with zero attached hydrogens (tertiary/aromatic N) is 1. The molecule has 0 aromatic heterocycles. The third-order valence-electron chi connectivity index (χ3n) is 6.19. The molecule has 2 bridgehead atoms. The zero-order chi connectivity index (χ0) is 16.0. The third-order valence-corrected chi connectivity index (χ3v) is 6.19. The van der Waals surface area contributed by atoms with Crippen molar-refractivity contribution >= 4 is 11.7 Å². The second-order valence-corrected chi connectivity index (χ2v) is 7.26. The van der Waals surface area contributed by atoms with E-state index in [0.717, 1.165) is 24.2 Å². The molecule has 0 radical (unpaired) electrons.